The summed E-state index contributed by atoms with van der Waals surface area (Å²) in [5.41, 5.74) is 0. The lowest BCUT2D eigenvalue weighted by Crippen LogP contribution is -2.41. The van der Waals surface area contributed by atoms with E-state index < -0.39 is 8.32 Å². The van der Waals surface area contributed by atoms with Gasteiger partial charge in [0.2, 0.25) is 0 Å². The van der Waals surface area contributed by atoms with E-state index in [0.717, 1.165) is 19.3 Å². The molecular weight excluding hydrogens is 276 g/mol. The molecule has 0 aromatic rings. The maximum atomic E-state index is 10.1. The van der Waals surface area contributed by atoms with E-state index in [0.29, 0.717) is 12.5 Å². The minimum absolute atomic E-state index is 0.237. The van der Waals surface area contributed by atoms with E-state index in [4.69, 9.17) is 4.43 Å². The number of aliphatic hydroxyl groups is 1. The van der Waals surface area contributed by atoms with E-state index in [1.54, 1.807) is 0 Å². The Bertz CT molecular complexity index is 281. The average molecular weight is 315 g/mol. The quantitative estimate of drug-likeness (QED) is 0.401. The first-order chi connectivity index (χ1) is 9.64. The van der Waals surface area contributed by atoms with Gasteiger partial charge in [-0.1, -0.05) is 46.6 Å². The van der Waals surface area contributed by atoms with Gasteiger partial charge in [-0.25, -0.2) is 0 Å². The fraction of sp³-hybridized carbons (Fsp3) is 0.889. The summed E-state index contributed by atoms with van der Waals surface area (Å²) in [6.45, 7) is 18.1. The maximum Gasteiger partial charge on any atom is 0.191 e. The molecule has 0 aliphatic heterocycles. The van der Waals surface area contributed by atoms with Gasteiger partial charge in [-0.15, -0.1) is 6.58 Å². The number of allylic oxidation sites excluding steroid dienone is 1. The van der Waals surface area contributed by atoms with Crippen molar-refractivity contribution in [3.63, 3.8) is 0 Å². The molecule has 0 saturated heterocycles. The summed E-state index contributed by atoms with van der Waals surface area (Å²) in [6.07, 6.45) is 8.16. The van der Waals surface area contributed by atoms with Crippen molar-refractivity contribution in [2.45, 2.75) is 90.5 Å². The molecule has 126 valence electrons. The van der Waals surface area contributed by atoms with Crippen LogP contribution in [-0.4, -0.2) is 26.1 Å². The molecule has 2 atom stereocenters. The summed E-state index contributed by atoms with van der Waals surface area (Å²) in [7, 11) is -1.67. The standard InChI is InChI=1S/C18H38O2Si/c1-8-10-11-16(9-2)12-13-17(19)14-15-20-21(6,7)18(3,4)5/h9,16-17,19H,2,8,10-15H2,1,3-7H3. The van der Waals surface area contributed by atoms with E-state index in [1.165, 1.54) is 19.3 Å². The molecule has 3 heteroatoms. The van der Waals surface area contributed by atoms with Crippen LogP contribution < -0.4 is 0 Å². The van der Waals surface area contributed by atoms with Crippen LogP contribution in [0.1, 0.15) is 66.2 Å². The van der Waals surface area contributed by atoms with Gasteiger partial charge in [0.25, 0.3) is 0 Å². The third kappa shape index (κ3) is 8.79. The smallest absolute Gasteiger partial charge is 0.191 e. The fourth-order valence-electron chi connectivity index (χ4n) is 2.06. The van der Waals surface area contributed by atoms with Crippen molar-refractivity contribution in [3.05, 3.63) is 12.7 Å². The van der Waals surface area contributed by atoms with Gasteiger partial charge in [-0.05, 0) is 49.7 Å². The Morgan fingerprint density at radius 2 is 1.76 bits per heavy atom. The average Bonchev–Trinajstić information content (AvgIpc) is 2.37. The van der Waals surface area contributed by atoms with Crippen LogP contribution in [0.5, 0.6) is 0 Å². The molecule has 0 bridgehead atoms. The molecule has 21 heavy (non-hydrogen) atoms. The van der Waals surface area contributed by atoms with Crippen molar-refractivity contribution in [2.75, 3.05) is 6.61 Å². The molecule has 0 spiro atoms. The second kappa shape index (κ2) is 9.81. The van der Waals surface area contributed by atoms with Crippen molar-refractivity contribution in [1.82, 2.24) is 0 Å². The molecule has 0 rings (SSSR count). The molecule has 2 nitrogen and oxygen atoms in total. The predicted octanol–water partition coefficient (Wildman–Crippen LogP) is 5.53. The SMILES string of the molecule is C=CC(CCCC)CCC(O)CCO[Si](C)(C)C(C)(C)C. The molecule has 0 aromatic carbocycles. The Balaban J connectivity index is 3.95. The van der Waals surface area contributed by atoms with E-state index in [1.807, 2.05) is 0 Å². The Hall–Kier alpha value is -0.123. The van der Waals surface area contributed by atoms with Gasteiger partial charge in [-0.3, -0.25) is 0 Å². The zero-order chi connectivity index (χ0) is 16.5. The molecule has 0 fully saturated rings. The molecule has 0 heterocycles. The van der Waals surface area contributed by atoms with Crippen molar-refractivity contribution in [2.24, 2.45) is 5.92 Å². The molecule has 2 unspecified atom stereocenters. The molecule has 1 N–H and O–H groups in total. The Morgan fingerprint density at radius 1 is 1.14 bits per heavy atom. The highest BCUT2D eigenvalue weighted by Gasteiger charge is 2.36. The summed E-state index contributed by atoms with van der Waals surface area (Å²) < 4.78 is 6.12. The van der Waals surface area contributed by atoms with Gasteiger partial charge in [0, 0.05) is 6.61 Å². The molecule has 0 aromatic heterocycles. The highest BCUT2D eigenvalue weighted by molar-refractivity contribution is 6.74. The number of unbranched alkanes of at least 4 members (excludes halogenated alkanes) is 1. The normalized spacial score (nSPS) is 15.8. The summed E-state index contributed by atoms with van der Waals surface area (Å²) in [5, 5.41) is 10.4. The molecule has 0 aliphatic carbocycles. The predicted molar refractivity (Wildman–Crippen MR) is 96.2 cm³/mol. The van der Waals surface area contributed by atoms with E-state index in [-0.39, 0.29) is 11.1 Å². The largest absolute Gasteiger partial charge is 0.417 e. The minimum atomic E-state index is -1.67. The lowest BCUT2D eigenvalue weighted by molar-refractivity contribution is 0.121. The molecular formula is C18H38O2Si. The van der Waals surface area contributed by atoms with Gasteiger partial charge in [0.1, 0.15) is 0 Å². The van der Waals surface area contributed by atoms with Crippen molar-refractivity contribution in [1.29, 1.82) is 0 Å². The fourth-order valence-corrected chi connectivity index (χ4v) is 3.12. The van der Waals surface area contributed by atoms with Gasteiger partial charge < -0.3 is 9.53 Å². The van der Waals surface area contributed by atoms with Crippen LogP contribution in [0.25, 0.3) is 0 Å². The Kier molecular flexibility index (Phi) is 9.75. The third-order valence-electron chi connectivity index (χ3n) is 4.85. The molecule has 0 saturated carbocycles. The second-order valence-corrected chi connectivity index (χ2v) is 12.6. The number of rotatable bonds is 11. The number of hydrogen-bond donors (Lipinski definition) is 1. The van der Waals surface area contributed by atoms with Gasteiger partial charge in [0.15, 0.2) is 8.32 Å². The zero-order valence-corrected chi connectivity index (χ0v) is 16.2. The minimum Gasteiger partial charge on any atom is -0.417 e. The van der Waals surface area contributed by atoms with Crippen LogP contribution in [0.3, 0.4) is 0 Å². The van der Waals surface area contributed by atoms with Crippen LogP contribution in [0, 0.1) is 5.92 Å². The third-order valence-corrected chi connectivity index (χ3v) is 9.39. The van der Waals surface area contributed by atoms with Crippen LogP contribution in [0.2, 0.25) is 18.1 Å². The van der Waals surface area contributed by atoms with E-state index >= 15 is 0 Å². The van der Waals surface area contributed by atoms with Crippen LogP contribution in [-0.2, 0) is 4.43 Å². The molecule has 0 aliphatic rings. The first-order valence-electron chi connectivity index (χ1n) is 8.58. The summed E-state index contributed by atoms with van der Waals surface area (Å²) in [5.74, 6) is 0.556. The van der Waals surface area contributed by atoms with Crippen LogP contribution in [0.15, 0.2) is 12.7 Å². The van der Waals surface area contributed by atoms with Crippen molar-refractivity contribution in [3.8, 4) is 0 Å². The van der Waals surface area contributed by atoms with Crippen molar-refractivity contribution >= 4 is 8.32 Å². The Morgan fingerprint density at radius 3 is 2.24 bits per heavy atom. The van der Waals surface area contributed by atoms with Gasteiger partial charge in [0.05, 0.1) is 6.10 Å². The maximum absolute atomic E-state index is 10.1. The topological polar surface area (TPSA) is 29.5 Å². The highest BCUT2D eigenvalue weighted by Crippen LogP contribution is 2.36. The highest BCUT2D eigenvalue weighted by atomic mass is 28.4. The first kappa shape index (κ1) is 20.9. The molecule has 0 amide bonds. The van der Waals surface area contributed by atoms with Crippen LogP contribution in [0.4, 0.5) is 0 Å². The van der Waals surface area contributed by atoms with E-state index in [2.05, 4.69) is 53.4 Å². The second-order valence-electron chi connectivity index (χ2n) is 7.77. The van der Waals surface area contributed by atoms with Gasteiger partial charge >= 0.3 is 0 Å². The summed E-state index contributed by atoms with van der Waals surface area (Å²) in [4.78, 5) is 0. The van der Waals surface area contributed by atoms with Gasteiger partial charge in [-0.2, -0.15) is 0 Å². The monoisotopic (exact) mass is 314 g/mol. The zero-order valence-electron chi connectivity index (χ0n) is 15.2. The molecule has 0 radical (unpaired) electrons. The first-order valence-corrected chi connectivity index (χ1v) is 11.5. The Labute approximate surface area is 134 Å². The van der Waals surface area contributed by atoms with Crippen molar-refractivity contribution < 1.29 is 9.53 Å². The lowest BCUT2D eigenvalue weighted by atomic mass is 9.95. The van der Waals surface area contributed by atoms with E-state index in [9.17, 15) is 5.11 Å². The lowest BCUT2D eigenvalue weighted by Gasteiger charge is -2.36. The summed E-state index contributed by atoms with van der Waals surface area (Å²) >= 11 is 0. The number of aliphatic hydroxyl groups excluding tert-OH is 1. The van der Waals surface area contributed by atoms with Crippen LogP contribution >= 0.6 is 0 Å². The number of hydrogen-bond acceptors (Lipinski definition) is 2. The summed E-state index contributed by atoms with van der Waals surface area (Å²) in [6, 6.07) is 0.